The molecule has 25 heavy (non-hydrogen) atoms. The number of unbranched alkanes of at least 4 members (excludes halogenated alkanes) is 2. The van der Waals surface area contributed by atoms with E-state index in [1.54, 1.807) is 0 Å². The van der Waals surface area contributed by atoms with Crippen molar-refractivity contribution in [1.29, 1.82) is 0 Å². The molecule has 1 fully saturated rings. The minimum Gasteiger partial charge on any atom is -0.494 e. The Morgan fingerprint density at radius 3 is 2.32 bits per heavy atom. The molecule has 0 spiro atoms. The fraction of sp³-hybridized carbons (Fsp3) is 0.650. The maximum Gasteiger partial charge on any atom is 0.325 e. The van der Waals surface area contributed by atoms with E-state index in [4.69, 9.17) is 4.74 Å². The number of nitrogens with zero attached hydrogens (tertiary/aromatic N) is 2. The van der Waals surface area contributed by atoms with Crippen LogP contribution >= 0.6 is 0 Å². The number of hydrogen-bond donors (Lipinski definition) is 1. The summed E-state index contributed by atoms with van der Waals surface area (Å²) in [4.78, 5) is 16.3. The van der Waals surface area contributed by atoms with Gasteiger partial charge in [0.25, 0.3) is 0 Å². The standard InChI is InChI=1S/C20H32N2O3/c1-3-5-6-16-25-18-9-7-17(8-10-18)19(20(23)24)22-14-12-21(11-4-2)13-15-22/h7-10,19H,3-6,11-16H2,1-2H3,(H,23,24). The topological polar surface area (TPSA) is 53.0 Å². The van der Waals surface area contributed by atoms with E-state index in [1.165, 1.54) is 12.8 Å². The predicted molar refractivity (Wildman–Crippen MR) is 100 cm³/mol. The number of hydrogen-bond acceptors (Lipinski definition) is 4. The van der Waals surface area contributed by atoms with E-state index in [-0.39, 0.29) is 0 Å². The van der Waals surface area contributed by atoms with E-state index in [0.29, 0.717) is 0 Å². The van der Waals surface area contributed by atoms with Crippen LogP contribution in [0.4, 0.5) is 0 Å². The summed E-state index contributed by atoms with van der Waals surface area (Å²) in [7, 11) is 0. The molecule has 0 saturated carbocycles. The third-order valence-corrected chi connectivity index (χ3v) is 4.76. The van der Waals surface area contributed by atoms with Crippen molar-refractivity contribution in [1.82, 2.24) is 9.80 Å². The summed E-state index contributed by atoms with van der Waals surface area (Å²) in [5.41, 5.74) is 0.831. The van der Waals surface area contributed by atoms with Gasteiger partial charge >= 0.3 is 5.97 Å². The maximum absolute atomic E-state index is 11.8. The third kappa shape index (κ3) is 6.01. The normalized spacial score (nSPS) is 17.4. The lowest BCUT2D eigenvalue weighted by atomic mass is 10.0. The van der Waals surface area contributed by atoms with Crippen LogP contribution < -0.4 is 4.74 Å². The lowest BCUT2D eigenvalue weighted by Crippen LogP contribution is -2.49. The molecule has 0 aromatic heterocycles. The van der Waals surface area contributed by atoms with E-state index in [0.717, 1.165) is 63.5 Å². The maximum atomic E-state index is 11.8. The van der Waals surface area contributed by atoms with Gasteiger partial charge in [-0.2, -0.15) is 0 Å². The molecule has 1 saturated heterocycles. The summed E-state index contributed by atoms with van der Waals surface area (Å²) in [5.74, 6) is 0.0392. The van der Waals surface area contributed by atoms with E-state index in [2.05, 4.69) is 23.6 Å². The number of rotatable bonds is 10. The molecule has 1 unspecified atom stereocenters. The highest BCUT2D eigenvalue weighted by molar-refractivity contribution is 5.75. The van der Waals surface area contributed by atoms with Crippen LogP contribution in [0.1, 0.15) is 51.1 Å². The molecule has 0 radical (unpaired) electrons. The van der Waals surface area contributed by atoms with Gasteiger partial charge in [0.05, 0.1) is 6.61 Å². The summed E-state index contributed by atoms with van der Waals surface area (Å²) in [6, 6.07) is 7.01. The fourth-order valence-corrected chi connectivity index (χ4v) is 3.36. The molecule has 140 valence electrons. The van der Waals surface area contributed by atoms with Crippen LogP contribution in [-0.2, 0) is 4.79 Å². The first-order valence-corrected chi connectivity index (χ1v) is 9.57. The second-order valence-electron chi connectivity index (χ2n) is 6.74. The fourth-order valence-electron chi connectivity index (χ4n) is 3.36. The van der Waals surface area contributed by atoms with Gasteiger partial charge in [0.1, 0.15) is 11.8 Å². The van der Waals surface area contributed by atoms with Crippen LogP contribution in [0.15, 0.2) is 24.3 Å². The van der Waals surface area contributed by atoms with E-state index < -0.39 is 12.0 Å². The molecule has 1 aliphatic rings. The summed E-state index contributed by atoms with van der Waals surface area (Å²) in [6.45, 7) is 9.64. The van der Waals surface area contributed by atoms with E-state index in [9.17, 15) is 9.90 Å². The van der Waals surface area contributed by atoms with Crippen LogP contribution in [0.3, 0.4) is 0 Å². The Morgan fingerprint density at radius 1 is 1.08 bits per heavy atom. The minimum atomic E-state index is -0.777. The van der Waals surface area contributed by atoms with Gasteiger partial charge in [-0.05, 0) is 37.1 Å². The number of ether oxygens (including phenoxy) is 1. The van der Waals surface area contributed by atoms with E-state index >= 15 is 0 Å². The van der Waals surface area contributed by atoms with Crippen LogP contribution in [0.2, 0.25) is 0 Å². The minimum absolute atomic E-state index is 0.571. The van der Waals surface area contributed by atoms with Gasteiger partial charge in [-0.1, -0.05) is 38.8 Å². The van der Waals surface area contributed by atoms with Gasteiger partial charge in [0, 0.05) is 26.2 Å². The zero-order chi connectivity index (χ0) is 18.1. The summed E-state index contributed by atoms with van der Waals surface area (Å²) in [6.07, 6.45) is 4.54. The van der Waals surface area contributed by atoms with Crippen LogP contribution in [-0.4, -0.2) is 60.2 Å². The molecule has 0 aliphatic carbocycles. The SMILES string of the molecule is CCCCCOc1ccc(C(C(=O)O)N2CCN(CCC)CC2)cc1. The Labute approximate surface area is 151 Å². The van der Waals surface area contributed by atoms with Crippen LogP contribution in [0, 0.1) is 0 Å². The molecule has 0 amide bonds. The molecule has 0 bridgehead atoms. The highest BCUT2D eigenvalue weighted by atomic mass is 16.5. The van der Waals surface area contributed by atoms with Crippen LogP contribution in [0.25, 0.3) is 0 Å². The monoisotopic (exact) mass is 348 g/mol. The van der Waals surface area contributed by atoms with Crippen molar-refractivity contribution in [2.45, 2.75) is 45.6 Å². The Kier molecular flexibility index (Phi) is 8.22. The average molecular weight is 348 g/mol. The third-order valence-electron chi connectivity index (χ3n) is 4.76. The zero-order valence-corrected chi connectivity index (χ0v) is 15.6. The molecule has 2 rings (SSSR count). The van der Waals surface area contributed by atoms with Gasteiger partial charge < -0.3 is 14.7 Å². The lowest BCUT2D eigenvalue weighted by Gasteiger charge is -2.37. The molecule has 1 aromatic rings. The highest BCUT2D eigenvalue weighted by Crippen LogP contribution is 2.25. The summed E-state index contributed by atoms with van der Waals surface area (Å²) >= 11 is 0. The van der Waals surface area contributed by atoms with Gasteiger partial charge in [-0.25, -0.2) is 0 Å². The Balaban J connectivity index is 1.95. The molecule has 1 atom stereocenters. The van der Waals surface area contributed by atoms with Crippen molar-refractivity contribution >= 4 is 5.97 Å². The average Bonchev–Trinajstić information content (AvgIpc) is 2.62. The molecule has 5 nitrogen and oxygen atoms in total. The first-order chi connectivity index (χ1) is 12.2. The van der Waals surface area contributed by atoms with Crippen molar-refractivity contribution in [2.75, 3.05) is 39.3 Å². The second kappa shape index (κ2) is 10.4. The Morgan fingerprint density at radius 2 is 1.76 bits per heavy atom. The number of carbonyl (C=O) groups is 1. The second-order valence-corrected chi connectivity index (χ2v) is 6.74. The molecule has 5 heteroatoms. The van der Waals surface area contributed by atoms with E-state index in [1.807, 2.05) is 24.3 Å². The molecule has 1 N–H and O–H groups in total. The van der Waals surface area contributed by atoms with Gasteiger partial charge in [0.15, 0.2) is 0 Å². The van der Waals surface area contributed by atoms with Gasteiger partial charge in [0.2, 0.25) is 0 Å². The van der Waals surface area contributed by atoms with Crippen molar-refractivity contribution in [3.8, 4) is 5.75 Å². The van der Waals surface area contributed by atoms with Gasteiger partial charge in [-0.3, -0.25) is 9.69 Å². The quantitative estimate of drug-likeness (QED) is 0.657. The molecule has 1 aliphatic heterocycles. The smallest absolute Gasteiger partial charge is 0.325 e. The zero-order valence-electron chi connectivity index (χ0n) is 15.6. The number of carboxylic acid groups (broad SMARTS) is 1. The first kappa shape index (κ1) is 19.7. The Hall–Kier alpha value is -1.59. The highest BCUT2D eigenvalue weighted by Gasteiger charge is 2.30. The van der Waals surface area contributed by atoms with Gasteiger partial charge in [-0.15, -0.1) is 0 Å². The van der Waals surface area contributed by atoms with Crippen molar-refractivity contribution < 1.29 is 14.6 Å². The Bertz CT molecular complexity index is 510. The first-order valence-electron chi connectivity index (χ1n) is 9.57. The number of carboxylic acids is 1. The largest absolute Gasteiger partial charge is 0.494 e. The number of benzene rings is 1. The van der Waals surface area contributed by atoms with Crippen molar-refractivity contribution in [3.05, 3.63) is 29.8 Å². The van der Waals surface area contributed by atoms with Crippen molar-refractivity contribution in [2.24, 2.45) is 0 Å². The predicted octanol–water partition coefficient (Wildman–Crippen LogP) is 3.41. The molecule has 1 aromatic carbocycles. The summed E-state index contributed by atoms with van der Waals surface area (Å²) in [5, 5.41) is 9.73. The summed E-state index contributed by atoms with van der Waals surface area (Å²) < 4.78 is 5.72. The molecule has 1 heterocycles. The van der Waals surface area contributed by atoms with Crippen LogP contribution in [0.5, 0.6) is 5.75 Å². The van der Waals surface area contributed by atoms with Crippen molar-refractivity contribution in [3.63, 3.8) is 0 Å². The molecular weight excluding hydrogens is 316 g/mol. The number of piperazine rings is 1. The molecular formula is C20H32N2O3. The number of aliphatic carboxylic acids is 1. The lowest BCUT2D eigenvalue weighted by molar-refractivity contribution is -0.144.